The van der Waals surface area contributed by atoms with Gasteiger partial charge in [0, 0.05) is 12.8 Å². The van der Waals surface area contributed by atoms with Crippen LogP contribution in [0.1, 0.15) is 252 Å². The number of unbranched alkanes of at least 4 members (excludes halogenated alkanes) is 30. The molecule has 422 valence electrons. The molecule has 0 bridgehead atoms. The number of hydrogen-bond acceptors (Lipinski definition) is 7. The standard InChI is InChI=1S/C63H113N2O7P/c1-7-10-13-16-19-22-25-27-29-31-32-34-35-37-40-43-46-49-52-55-62(66)64-60(59-71-73(68,69)70-58-57-65(4,5)6)61(54-51-48-45-42-39-24-21-18-15-12-9-3)72-63(67)56-53-50-47-44-41-38-36-33-30-28-26-23-20-17-14-11-8-2/h11,14,17,20,23,26,28,30,33,36,38,41,51,54,60-61H,7-10,12-13,15-16,18-19,21-22,24-25,27,29,31-32,34-35,37,39-40,42-50,52-53,55-59H2,1-6H3,(H-,64,66,68,69)/b14-11-,20-17+,26-23+,30-28-,36-33+,41-38+,54-51+. The Balaban J connectivity index is 5.32. The number of esters is 1. The average molecular weight is 1040 g/mol. The first kappa shape index (κ1) is 70.2. The predicted molar refractivity (Wildman–Crippen MR) is 311 cm³/mol. The SMILES string of the molecule is CC\C=C/C=C/C=C/C=C\C=C\C=C\CCCCCC(=O)OC(/C=C/CCCCCCCCCCC)C(COP(=O)([O-])OCC[N+](C)(C)C)NC(=O)CCCCCCCCCCCCCCCCCCCCC. The Hall–Kier alpha value is -2.81. The van der Waals surface area contributed by atoms with Crippen LogP contribution in [-0.2, 0) is 27.9 Å². The van der Waals surface area contributed by atoms with Crippen molar-refractivity contribution in [2.45, 2.75) is 264 Å². The molecule has 0 heterocycles. The molecule has 1 amide bonds. The van der Waals surface area contributed by atoms with Crippen LogP contribution in [0.3, 0.4) is 0 Å². The highest BCUT2D eigenvalue weighted by Gasteiger charge is 2.27. The van der Waals surface area contributed by atoms with Gasteiger partial charge in [0.25, 0.3) is 7.82 Å². The van der Waals surface area contributed by atoms with Crippen LogP contribution in [0, 0.1) is 0 Å². The van der Waals surface area contributed by atoms with E-state index >= 15 is 0 Å². The van der Waals surface area contributed by atoms with Gasteiger partial charge in [0.05, 0.1) is 33.8 Å². The molecular weight excluding hydrogens is 928 g/mol. The monoisotopic (exact) mass is 1040 g/mol. The van der Waals surface area contributed by atoms with Crippen LogP contribution in [-0.4, -0.2) is 69.4 Å². The first-order valence-electron chi connectivity index (χ1n) is 30.0. The van der Waals surface area contributed by atoms with Gasteiger partial charge in [0.2, 0.25) is 5.91 Å². The smallest absolute Gasteiger partial charge is 0.306 e. The van der Waals surface area contributed by atoms with Crippen LogP contribution in [0.15, 0.2) is 85.1 Å². The summed E-state index contributed by atoms with van der Waals surface area (Å²) in [5.74, 6) is -0.590. The fourth-order valence-corrected chi connectivity index (χ4v) is 9.10. The van der Waals surface area contributed by atoms with Crippen molar-refractivity contribution < 1.29 is 37.3 Å². The van der Waals surface area contributed by atoms with Crippen LogP contribution < -0.4 is 10.2 Å². The number of nitrogens with zero attached hydrogens (tertiary/aromatic N) is 1. The molecule has 0 aliphatic heterocycles. The summed E-state index contributed by atoms with van der Waals surface area (Å²) in [6.45, 7) is 6.67. The largest absolute Gasteiger partial charge is 0.756 e. The molecule has 0 aromatic carbocycles. The number of rotatable bonds is 53. The van der Waals surface area contributed by atoms with Gasteiger partial charge < -0.3 is 28.5 Å². The van der Waals surface area contributed by atoms with Crippen LogP contribution in [0.5, 0.6) is 0 Å². The number of carbonyl (C=O) groups is 2. The van der Waals surface area contributed by atoms with E-state index in [4.69, 9.17) is 13.8 Å². The second-order valence-electron chi connectivity index (χ2n) is 21.3. The zero-order chi connectivity index (χ0) is 53.6. The van der Waals surface area contributed by atoms with Crippen LogP contribution in [0.2, 0.25) is 0 Å². The molecule has 10 heteroatoms. The number of hydrogen-bond donors (Lipinski definition) is 1. The zero-order valence-corrected chi connectivity index (χ0v) is 49.0. The van der Waals surface area contributed by atoms with Gasteiger partial charge in [0.15, 0.2) is 0 Å². The number of phosphoric acid groups is 1. The number of ether oxygens (including phenoxy) is 1. The van der Waals surface area contributed by atoms with Crippen molar-refractivity contribution in [2.75, 3.05) is 40.9 Å². The summed E-state index contributed by atoms with van der Waals surface area (Å²) in [5.41, 5.74) is 0. The molecule has 3 atom stereocenters. The molecule has 0 fully saturated rings. The number of phosphoric ester groups is 1. The van der Waals surface area contributed by atoms with Gasteiger partial charge in [-0.15, -0.1) is 0 Å². The maximum Gasteiger partial charge on any atom is 0.306 e. The van der Waals surface area contributed by atoms with Gasteiger partial charge in [-0.1, -0.05) is 273 Å². The molecule has 0 saturated carbocycles. The zero-order valence-electron chi connectivity index (χ0n) is 48.1. The summed E-state index contributed by atoms with van der Waals surface area (Å²) in [7, 11) is 1.15. The van der Waals surface area contributed by atoms with E-state index in [2.05, 4.69) is 38.2 Å². The van der Waals surface area contributed by atoms with Crippen molar-refractivity contribution in [2.24, 2.45) is 0 Å². The van der Waals surface area contributed by atoms with Gasteiger partial charge >= 0.3 is 5.97 Å². The third-order valence-corrected chi connectivity index (χ3v) is 14.0. The number of quaternary nitrogens is 1. The van der Waals surface area contributed by atoms with E-state index in [1.54, 1.807) is 0 Å². The molecular formula is C63H113N2O7P. The van der Waals surface area contributed by atoms with Crippen LogP contribution in [0.25, 0.3) is 0 Å². The first-order valence-corrected chi connectivity index (χ1v) is 31.4. The maximum absolute atomic E-state index is 13.5. The molecule has 3 unspecified atom stereocenters. The quantitative estimate of drug-likeness (QED) is 0.0161. The second kappa shape index (κ2) is 52.6. The lowest BCUT2D eigenvalue weighted by atomic mass is 10.0. The number of carbonyl (C=O) groups excluding carboxylic acids is 2. The van der Waals surface area contributed by atoms with E-state index < -0.39 is 26.6 Å². The highest BCUT2D eigenvalue weighted by Crippen LogP contribution is 2.38. The van der Waals surface area contributed by atoms with E-state index in [-0.39, 0.29) is 24.9 Å². The van der Waals surface area contributed by atoms with E-state index in [0.29, 0.717) is 23.9 Å². The van der Waals surface area contributed by atoms with Crippen LogP contribution in [0.4, 0.5) is 0 Å². The molecule has 73 heavy (non-hydrogen) atoms. The van der Waals surface area contributed by atoms with Crippen molar-refractivity contribution in [3.05, 3.63) is 85.1 Å². The Labute approximate surface area is 450 Å². The molecule has 0 aromatic rings. The van der Waals surface area contributed by atoms with E-state index in [0.717, 1.165) is 64.2 Å². The Kier molecular flexibility index (Phi) is 50.6. The van der Waals surface area contributed by atoms with Crippen molar-refractivity contribution >= 4 is 19.7 Å². The maximum atomic E-state index is 13.5. The summed E-state index contributed by atoms with van der Waals surface area (Å²) in [6, 6.07) is -0.908. The van der Waals surface area contributed by atoms with Crippen LogP contribution >= 0.6 is 7.82 Å². The van der Waals surface area contributed by atoms with Crippen molar-refractivity contribution in [1.82, 2.24) is 5.32 Å². The van der Waals surface area contributed by atoms with Gasteiger partial charge in [-0.3, -0.25) is 14.2 Å². The minimum Gasteiger partial charge on any atom is -0.756 e. The van der Waals surface area contributed by atoms with Crippen molar-refractivity contribution in [3.63, 3.8) is 0 Å². The van der Waals surface area contributed by atoms with E-state index in [1.807, 2.05) is 94.1 Å². The van der Waals surface area contributed by atoms with Crippen molar-refractivity contribution in [1.29, 1.82) is 0 Å². The lowest BCUT2D eigenvalue weighted by Gasteiger charge is -2.30. The topological polar surface area (TPSA) is 114 Å². The fraction of sp³-hybridized carbons (Fsp3) is 0.746. The predicted octanol–water partition coefficient (Wildman–Crippen LogP) is 17.6. The van der Waals surface area contributed by atoms with Gasteiger partial charge in [-0.25, -0.2) is 0 Å². The highest BCUT2D eigenvalue weighted by atomic mass is 31.2. The number of allylic oxidation sites excluding steroid dienone is 13. The van der Waals surface area contributed by atoms with Crippen molar-refractivity contribution in [3.8, 4) is 0 Å². The molecule has 0 aliphatic rings. The Morgan fingerprint density at radius 2 is 0.877 bits per heavy atom. The average Bonchev–Trinajstić information content (AvgIpc) is 3.35. The molecule has 0 rings (SSSR count). The molecule has 0 aliphatic carbocycles. The minimum atomic E-state index is -4.71. The molecule has 0 saturated heterocycles. The summed E-state index contributed by atoms with van der Waals surface area (Å²) < 4.78 is 30.2. The summed E-state index contributed by atoms with van der Waals surface area (Å²) >= 11 is 0. The lowest BCUT2D eigenvalue weighted by molar-refractivity contribution is -0.870. The fourth-order valence-electron chi connectivity index (χ4n) is 8.38. The van der Waals surface area contributed by atoms with E-state index in [9.17, 15) is 19.0 Å². The summed E-state index contributed by atoms with van der Waals surface area (Å²) in [6.07, 6.45) is 68.4. The molecule has 9 nitrogen and oxygen atoms in total. The summed E-state index contributed by atoms with van der Waals surface area (Å²) in [4.78, 5) is 39.9. The van der Waals surface area contributed by atoms with Gasteiger partial charge in [-0.2, -0.15) is 0 Å². The molecule has 0 aromatic heterocycles. The van der Waals surface area contributed by atoms with E-state index in [1.165, 1.54) is 148 Å². The third kappa shape index (κ3) is 53.8. The number of likely N-dealkylation sites (N-methyl/N-ethyl adjacent to an activating group) is 1. The number of amides is 1. The Bertz CT molecular complexity index is 1530. The second-order valence-corrected chi connectivity index (χ2v) is 22.7. The van der Waals surface area contributed by atoms with Gasteiger partial charge in [-0.05, 0) is 51.0 Å². The molecule has 0 spiro atoms. The number of nitrogens with one attached hydrogen (secondary N) is 1. The lowest BCUT2D eigenvalue weighted by Crippen LogP contribution is -2.47. The Morgan fingerprint density at radius 1 is 0.493 bits per heavy atom. The Morgan fingerprint density at radius 3 is 1.33 bits per heavy atom. The minimum absolute atomic E-state index is 0.0324. The normalized spacial score (nSPS) is 14.3. The third-order valence-electron chi connectivity index (χ3n) is 13.0. The first-order chi connectivity index (χ1) is 35.4. The van der Waals surface area contributed by atoms with Gasteiger partial charge in [0.1, 0.15) is 19.3 Å². The molecule has 0 radical (unpaired) electrons. The summed E-state index contributed by atoms with van der Waals surface area (Å²) in [5, 5.41) is 3.01. The molecule has 1 N–H and O–H groups in total. The highest BCUT2D eigenvalue weighted by molar-refractivity contribution is 7.45.